The number of aliphatic imine (C=N–C) groups is 1. The van der Waals surface area contributed by atoms with Crippen LogP contribution >= 0.6 is 0 Å². The van der Waals surface area contributed by atoms with Crippen molar-refractivity contribution in [1.29, 1.82) is 0 Å². The number of aromatic nitrogens is 1. The number of methoxy groups -OCH3 is 1. The average Bonchev–Trinajstić information content (AvgIpc) is 3.39. The molecule has 7 heteroatoms. The molecule has 1 amide bonds. The van der Waals surface area contributed by atoms with E-state index in [1.165, 1.54) is 0 Å². The van der Waals surface area contributed by atoms with Crippen molar-refractivity contribution in [3.8, 4) is 0 Å². The van der Waals surface area contributed by atoms with Gasteiger partial charge in [-0.2, -0.15) is 0 Å². The molecule has 29 heavy (non-hydrogen) atoms. The first-order valence-electron chi connectivity index (χ1n) is 9.93. The second-order valence-electron chi connectivity index (χ2n) is 7.37. The number of nitrogens with zero attached hydrogens (tertiary/aromatic N) is 2. The van der Waals surface area contributed by atoms with Crippen molar-refractivity contribution in [1.82, 2.24) is 15.6 Å². The maximum atomic E-state index is 12.6. The lowest BCUT2D eigenvalue weighted by Crippen LogP contribution is -2.35. The summed E-state index contributed by atoms with van der Waals surface area (Å²) in [5, 5.41) is 6.49. The Hall–Kier alpha value is -2.77. The molecule has 0 bridgehead atoms. The van der Waals surface area contributed by atoms with Gasteiger partial charge in [-0.3, -0.25) is 14.8 Å². The van der Waals surface area contributed by atoms with Gasteiger partial charge < -0.3 is 20.1 Å². The van der Waals surface area contributed by atoms with E-state index >= 15 is 0 Å². The van der Waals surface area contributed by atoms with Gasteiger partial charge in [0.05, 0.1) is 44.0 Å². The number of pyridine rings is 1. The maximum absolute atomic E-state index is 12.6. The summed E-state index contributed by atoms with van der Waals surface area (Å²) >= 11 is 0. The Labute approximate surface area is 170 Å². The van der Waals surface area contributed by atoms with Gasteiger partial charge in [0.15, 0.2) is 0 Å². The van der Waals surface area contributed by atoms with Gasteiger partial charge in [0, 0.05) is 25.5 Å². The molecule has 3 heterocycles. The number of rotatable bonds is 7. The Morgan fingerprint density at radius 2 is 2.21 bits per heavy atom. The van der Waals surface area contributed by atoms with Crippen LogP contribution in [0.1, 0.15) is 34.8 Å². The Kier molecular flexibility index (Phi) is 6.17. The first-order valence-corrected chi connectivity index (χ1v) is 9.93. The van der Waals surface area contributed by atoms with Crippen LogP contribution in [-0.2, 0) is 27.2 Å². The molecular formula is C22H26N4O3. The van der Waals surface area contributed by atoms with Gasteiger partial charge in [0.1, 0.15) is 5.84 Å². The Bertz CT molecular complexity index is 879. The Morgan fingerprint density at radius 3 is 2.97 bits per heavy atom. The monoisotopic (exact) mass is 394 g/mol. The molecule has 2 N–H and O–H groups in total. The maximum Gasteiger partial charge on any atom is 0.226 e. The van der Waals surface area contributed by atoms with Gasteiger partial charge in [0.25, 0.3) is 0 Å². The average molecular weight is 394 g/mol. The number of amides is 1. The molecule has 1 aromatic carbocycles. The van der Waals surface area contributed by atoms with Crippen LogP contribution in [0.4, 0.5) is 0 Å². The van der Waals surface area contributed by atoms with Crippen LogP contribution in [0.5, 0.6) is 0 Å². The summed E-state index contributed by atoms with van der Waals surface area (Å²) in [6, 6.07) is 11.9. The van der Waals surface area contributed by atoms with Crippen molar-refractivity contribution in [2.75, 3.05) is 26.9 Å². The first kappa shape index (κ1) is 19.5. The van der Waals surface area contributed by atoms with E-state index in [1.54, 1.807) is 7.11 Å². The minimum Gasteiger partial charge on any atom is -0.382 e. The highest BCUT2D eigenvalue weighted by Crippen LogP contribution is 2.20. The Balaban J connectivity index is 1.38. The molecule has 0 spiro atoms. The van der Waals surface area contributed by atoms with Crippen LogP contribution in [0.2, 0.25) is 0 Å². The van der Waals surface area contributed by atoms with Crippen molar-refractivity contribution in [2.24, 2.45) is 4.99 Å². The molecule has 1 unspecified atom stereocenters. The zero-order valence-electron chi connectivity index (χ0n) is 16.6. The Morgan fingerprint density at radius 1 is 1.34 bits per heavy atom. The number of benzene rings is 1. The fraction of sp³-hybridized carbons (Fsp3) is 0.409. The van der Waals surface area contributed by atoms with Gasteiger partial charge in [-0.1, -0.05) is 30.3 Å². The van der Waals surface area contributed by atoms with Crippen LogP contribution in [0.25, 0.3) is 0 Å². The molecule has 7 nitrogen and oxygen atoms in total. The minimum atomic E-state index is -0.184. The first-order chi connectivity index (χ1) is 14.2. The summed E-state index contributed by atoms with van der Waals surface area (Å²) in [6.07, 6.45) is 3.03. The molecule has 2 aliphatic heterocycles. The van der Waals surface area contributed by atoms with Crippen LogP contribution in [0, 0.1) is 0 Å². The predicted molar refractivity (Wildman–Crippen MR) is 110 cm³/mol. The molecule has 1 saturated heterocycles. The van der Waals surface area contributed by atoms with Gasteiger partial charge in [-0.25, -0.2) is 0 Å². The van der Waals surface area contributed by atoms with Crippen molar-refractivity contribution in [3.05, 3.63) is 65.0 Å². The molecule has 1 fully saturated rings. The highest BCUT2D eigenvalue weighted by atomic mass is 16.5. The summed E-state index contributed by atoms with van der Waals surface area (Å²) in [7, 11) is 1.63. The number of nitrogens with one attached hydrogen (secondary N) is 2. The number of hydrogen-bond acceptors (Lipinski definition) is 6. The van der Waals surface area contributed by atoms with Gasteiger partial charge in [-0.05, 0) is 23.6 Å². The zero-order chi connectivity index (χ0) is 20.1. The quantitative estimate of drug-likeness (QED) is 0.748. The van der Waals surface area contributed by atoms with E-state index < -0.39 is 0 Å². The molecule has 0 saturated carbocycles. The van der Waals surface area contributed by atoms with Crippen LogP contribution in [0.3, 0.4) is 0 Å². The molecule has 4 rings (SSSR count). The van der Waals surface area contributed by atoms with Crippen LogP contribution in [0.15, 0.2) is 47.6 Å². The van der Waals surface area contributed by atoms with Gasteiger partial charge >= 0.3 is 0 Å². The summed E-state index contributed by atoms with van der Waals surface area (Å²) in [6.45, 7) is 2.53. The van der Waals surface area contributed by atoms with E-state index in [0.717, 1.165) is 41.2 Å². The number of carbonyl (C=O) groups excluding carboxylic acids is 1. The molecule has 152 valence electrons. The largest absolute Gasteiger partial charge is 0.382 e. The van der Waals surface area contributed by atoms with Gasteiger partial charge in [-0.15, -0.1) is 0 Å². The third kappa shape index (κ3) is 4.81. The number of fused-ring (bicyclic) bond motifs is 1. The topological polar surface area (TPSA) is 84.8 Å². The fourth-order valence-electron chi connectivity index (χ4n) is 3.68. The van der Waals surface area contributed by atoms with E-state index in [2.05, 4.69) is 20.6 Å². The lowest BCUT2D eigenvalue weighted by atomic mass is 10.1. The molecule has 0 radical (unpaired) electrons. The second-order valence-corrected chi connectivity index (χ2v) is 7.37. The molecule has 2 aromatic rings. The molecule has 2 aliphatic rings. The van der Waals surface area contributed by atoms with E-state index in [1.807, 2.05) is 42.6 Å². The van der Waals surface area contributed by atoms with Crippen molar-refractivity contribution in [2.45, 2.75) is 31.5 Å². The van der Waals surface area contributed by atoms with Crippen molar-refractivity contribution >= 4 is 11.7 Å². The summed E-state index contributed by atoms with van der Waals surface area (Å²) in [4.78, 5) is 21.7. The molecule has 1 aromatic heterocycles. The highest BCUT2D eigenvalue weighted by molar-refractivity contribution is 6.02. The number of carbonyl (C=O) groups is 1. The lowest BCUT2D eigenvalue weighted by Gasteiger charge is -2.18. The third-order valence-electron chi connectivity index (χ3n) is 5.19. The van der Waals surface area contributed by atoms with E-state index in [-0.39, 0.29) is 18.4 Å². The summed E-state index contributed by atoms with van der Waals surface area (Å²) in [5.41, 5.74) is 3.87. The van der Waals surface area contributed by atoms with E-state index in [9.17, 15) is 4.79 Å². The van der Waals surface area contributed by atoms with Crippen LogP contribution < -0.4 is 10.6 Å². The third-order valence-corrected chi connectivity index (χ3v) is 5.19. The summed E-state index contributed by atoms with van der Waals surface area (Å²) < 4.78 is 10.7. The van der Waals surface area contributed by atoms with Crippen molar-refractivity contribution in [3.63, 3.8) is 0 Å². The number of hydrogen-bond donors (Lipinski definition) is 2. The SMILES string of the molecule is COC[C@@H](NC(=O)Cc1cc2c(cn1)C(NC1CCOC1)=NC2)c1ccccc1. The van der Waals surface area contributed by atoms with Gasteiger partial charge in [0.2, 0.25) is 5.91 Å². The smallest absolute Gasteiger partial charge is 0.226 e. The van der Waals surface area contributed by atoms with Crippen molar-refractivity contribution < 1.29 is 14.3 Å². The number of amidine groups is 1. The second kappa shape index (κ2) is 9.15. The highest BCUT2D eigenvalue weighted by Gasteiger charge is 2.23. The lowest BCUT2D eigenvalue weighted by molar-refractivity contribution is -0.121. The predicted octanol–water partition coefficient (Wildman–Crippen LogP) is 1.77. The molecule has 2 atom stereocenters. The standard InChI is InChI=1S/C22H26N4O3/c1-28-14-20(15-5-3-2-4-6-15)26-21(27)10-18-9-16-11-24-22(19(16)12-23-18)25-17-7-8-29-13-17/h2-6,9,12,17,20H,7-8,10-11,13-14H2,1H3,(H,24,25)(H,26,27)/t17?,20-/m1/s1. The molecule has 0 aliphatic carbocycles. The van der Waals surface area contributed by atoms with Crippen LogP contribution in [-0.4, -0.2) is 49.7 Å². The number of ether oxygens (including phenoxy) is 2. The normalized spacial score (nSPS) is 18.8. The molecular weight excluding hydrogens is 368 g/mol. The zero-order valence-corrected chi connectivity index (χ0v) is 16.6. The van der Waals surface area contributed by atoms with E-state index in [0.29, 0.717) is 25.8 Å². The van der Waals surface area contributed by atoms with E-state index in [4.69, 9.17) is 9.47 Å². The summed E-state index contributed by atoms with van der Waals surface area (Å²) in [5.74, 6) is 0.798. The fourth-order valence-corrected chi connectivity index (χ4v) is 3.68. The minimum absolute atomic E-state index is 0.0799.